The molecule has 11 heteroatoms. The van der Waals surface area contributed by atoms with Crippen LogP contribution in [0.1, 0.15) is 17.4 Å². The summed E-state index contributed by atoms with van der Waals surface area (Å²) in [6.07, 6.45) is 1.60. The van der Waals surface area contributed by atoms with E-state index < -0.39 is 23.7 Å². The van der Waals surface area contributed by atoms with E-state index in [1.54, 1.807) is 19.1 Å². The van der Waals surface area contributed by atoms with Gasteiger partial charge in [-0.3, -0.25) is 14.3 Å². The van der Waals surface area contributed by atoms with Crippen LogP contribution in [0.5, 0.6) is 0 Å². The number of nitrogens with one attached hydrogen (secondary N) is 1. The smallest absolute Gasteiger partial charge is 0.325 e. The Balaban J connectivity index is 1.81. The van der Waals surface area contributed by atoms with Gasteiger partial charge in [0.15, 0.2) is 5.82 Å². The Morgan fingerprint density at radius 2 is 2.15 bits per heavy atom. The van der Waals surface area contributed by atoms with Crippen molar-refractivity contribution in [1.29, 1.82) is 0 Å². The minimum atomic E-state index is -1.05. The molecule has 3 aromatic rings. The molecule has 1 unspecified atom stereocenters. The maximum atomic E-state index is 13.5. The zero-order valence-electron chi connectivity index (χ0n) is 14.3. The molecule has 0 spiro atoms. The van der Waals surface area contributed by atoms with Crippen molar-refractivity contribution in [2.45, 2.75) is 25.9 Å². The Labute approximate surface area is 152 Å². The number of carbonyl (C=O) groups is 2. The van der Waals surface area contributed by atoms with Crippen molar-refractivity contribution in [2.24, 2.45) is 0 Å². The van der Waals surface area contributed by atoms with Gasteiger partial charge in [-0.25, -0.2) is 9.07 Å². The number of rotatable bonds is 7. The van der Waals surface area contributed by atoms with Crippen molar-refractivity contribution in [1.82, 2.24) is 30.0 Å². The van der Waals surface area contributed by atoms with Gasteiger partial charge in [-0.2, -0.15) is 5.10 Å². The molecule has 0 aliphatic rings. The number of aliphatic carboxylic acids is 1. The van der Waals surface area contributed by atoms with Crippen molar-refractivity contribution in [3.63, 3.8) is 0 Å². The minimum absolute atomic E-state index is 0.158. The van der Waals surface area contributed by atoms with Crippen LogP contribution in [0.15, 0.2) is 36.5 Å². The number of hydrogen-bond donors (Lipinski definition) is 2. The molecule has 140 valence electrons. The van der Waals surface area contributed by atoms with E-state index in [1.165, 1.54) is 33.8 Å². The van der Waals surface area contributed by atoms with Crippen LogP contribution in [0.4, 0.5) is 10.2 Å². The lowest BCUT2D eigenvalue weighted by Crippen LogP contribution is -2.29. The summed E-state index contributed by atoms with van der Waals surface area (Å²) in [5, 5.41) is 26.6. The van der Waals surface area contributed by atoms with Gasteiger partial charge in [0.1, 0.15) is 24.2 Å². The predicted octanol–water partition coefficient (Wildman–Crippen LogP) is 0.824. The maximum absolute atomic E-state index is 13.5. The first kappa shape index (κ1) is 18.2. The van der Waals surface area contributed by atoms with Crippen LogP contribution in [0.25, 0.3) is 0 Å². The number of aromatic nitrogens is 6. The zero-order valence-corrected chi connectivity index (χ0v) is 14.3. The molecule has 0 bridgehead atoms. The number of hydrogen-bond acceptors (Lipinski definition) is 6. The second kappa shape index (κ2) is 7.72. The van der Waals surface area contributed by atoms with Gasteiger partial charge < -0.3 is 10.4 Å². The fourth-order valence-electron chi connectivity index (χ4n) is 2.57. The Morgan fingerprint density at radius 3 is 2.81 bits per heavy atom. The lowest BCUT2D eigenvalue weighted by molar-refractivity contribution is -0.137. The molecule has 0 saturated carbocycles. The van der Waals surface area contributed by atoms with Crippen molar-refractivity contribution in [3.05, 3.63) is 53.7 Å². The molecule has 27 heavy (non-hydrogen) atoms. The summed E-state index contributed by atoms with van der Waals surface area (Å²) in [7, 11) is 0. The fourth-order valence-corrected chi connectivity index (χ4v) is 2.57. The number of halogens is 1. The molecular weight excluding hydrogens is 357 g/mol. The first-order valence-corrected chi connectivity index (χ1v) is 7.97. The summed E-state index contributed by atoms with van der Waals surface area (Å²) in [6.45, 7) is 1.32. The van der Waals surface area contributed by atoms with Gasteiger partial charge in [-0.05, 0) is 35.0 Å². The largest absolute Gasteiger partial charge is 0.480 e. The average molecular weight is 373 g/mol. The van der Waals surface area contributed by atoms with E-state index in [0.717, 1.165) is 0 Å². The Hall–Kier alpha value is -3.63. The van der Waals surface area contributed by atoms with Gasteiger partial charge in [-0.1, -0.05) is 12.1 Å². The molecule has 0 fully saturated rings. The highest BCUT2D eigenvalue weighted by molar-refractivity contribution is 5.93. The first-order valence-electron chi connectivity index (χ1n) is 7.97. The minimum Gasteiger partial charge on any atom is -0.480 e. The molecule has 0 aliphatic carbocycles. The molecule has 3 rings (SSSR count). The summed E-state index contributed by atoms with van der Waals surface area (Å²) in [5.74, 6) is -1.31. The van der Waals surface area contributed by atoms with E-state index in [0.29, 0.717) is 11.4 Å². The lowest BCUT2D eigenvalue weighted by atomic mass is 10.1. The van der Waals surface area contributed by atoms with Crippen molar-refractivity contribution in [2.75, 3.05) is 5.32 Å². The van der Waals surface area contributed by atoms with Crippen LogP contribution in [-0.2, 0) is 22.6 Å². The summed E-state index contributed by atoms with van der Waals surface area (Å²) < 4.78 is 16.0. The van der Waals surface area contributed by atoms with Crippen molar-refractivity contribution < 1.29 is 19.1 Å². The number of nitrogens with zero attached hydrogens (tertiary/aromatic N) is 6. The average Bonchev–Trinajstić information content (AvgIpc) is 3.21. The van der Waals surface area contributed by atoms with E-state index in [1.807, 2.05) is 0 Å². The second-order valence-corrected chi connectivity index (χ2v) is 5.80. The highest BCUT2D eigenvalue weighted by atomic mass is 19.1. The maximum Gasteiger partial charge on any atom is 0.325 e. The standard InChI is InChI=1S/C16H16FN7O3/c1-10-19-21-22-24(10)13(8-11-3-2-4-12(17)7-11)16(27)18-14-5-6-23(20-14)9-15(25)26/h2-7,13H,8-9H2,1H3,(H,25,26)(H,18,20,27). The number of carboxylic acid groups (broad SMARTS) is 1. The number of carbonyl (C=O) groups excluding carboxylic acids is 1. The van der Waals surface area contributed by atoms with Gasteiger partial charge in [0, 0.05) is 18.7 Å². The summed E-state index contributed by atoms with van der Waals surface area (Å²) in [6, 6.07) is 6.54. The highest BCUT2D eigenvalue weighted by Gasteiger charge is 2.25. The Bertz CT molecular complexity index is 968. The fraction of sp³-hybridized carbons (Fsp3) is 0.250. The van der Waals surface area contributed by atoms with Crippen LogP contribution in [-0.4, -0.2) is 47.0 Å². The van der Waals surface area contributed by atoms with Gasteiger partial charge >= 0.3 is 5.97 Å². The molecule has 0 radical (unpaired) electrons. The Kier molecular flexibility index (Phi) is 5.20. The predicted molar refractivity (Wildman–Crippen MR) is 90.2 cm³/mol. The normalized spacial score (nSPS) is 11.9. The molecule has 0 aliphatic heterocycles. The second-order valence-electron chi connectivity index (χ2n) is 5.80. The van der Waals surface area contributed by atoms with E-state index in [9.17, 15) is 14.0 Å². The summed E-state index contributed by atoms with van der Waals surface area (Å²) in [5.41, 5.74) is 0.599. The van der Waals surface area contributed by atoms with Gasteiger partial charge in [0.05, 0.1) is 0 Å². The van der Waals surface area contributed by atoms with Crippen LogP contribution in [0.2, 0.25) is 0 Å². The van der Waals surface area contributed by atoms with Gasteiger partial charge in [0.2, 0.25) is 0 Å². The van der Waals surface area contributed by atoms with E-state index in [4.69, 9.17) is 5.11 Å². The molecule has 0 saturated heterocycles. The molecule has 1 aromatic carbocycles. The molecular formula is C16H16FN7O3. The molecule has 2 aromatic heterocycles. The van der Waals surface area contributed by atoms with Crippen LogP contribution in [0.3, 0.4) is 0 Å². The highest BCUT2D eigenvalue weighted by Crippen LogP contribution is 2.18. The summed E-state index contributed by atoms with van der Waals surface area (Å²) >= 11 is 0. The third-order valence-corrected chi connectivity index (χ3v) is 3.76. The molecule has 2 heterocycles. The van der Waals surface area contributed by atoms with Crippen LogP contribution in [0, 0.1) is 12.7 Å². The van der Waals surface area contributed by atoms with Crippen LogP contribution < -0.4 is 5.32 Å². The molecule has 10 nitrogen and oxygen atoms in total. The monoisotopic (exact) mass is 373 g/mol. The number of aryl methyl sites for hydroxylation is 1. The number of benzene rings is 1. The molecule has 2 N–H and O–H groups in total. The zero-order chi connectivity index (χ0) is 19.4. The van der Waals surface area contributed by atoms with Crippen molar-refractivity contribution >= 4 is 17.7 Å². The quantitative estimate of drug-likeness (QED) is 0.627. The third-order valence-electron chi connectivity index (χ3n) is 3.76. The number of tetrazole rings is 1. The molecule has 1 atom stereocenters. The third kappa shape index (κ3) is 4.51. The van der Waals surface area contributed by atoms with E-state index in [2.05, 4.69) is 25.9 Å². The number of anilines is 1. The van der Waals surface area contributed by atoms with Gasteiger partial charge in [-0.15, -0.1) is 5.10 Å². The van der Waals surface area contributed by atoms with E-state index >= 15 is 0 Å². The Morgan fingerprint density at radius 1 is 1.33 bits per heavy atom. The summed E-state index contributed by atoms with van der Waals surface area (Å²) in [4.78, 5) is 23.5. The topological polar surface area (TPSA) is 128 Å². The van der Waals surface area contributed by atoms with Gasteiger partial charge in [0.25, 0.3) is 5.91 Å². The number of amides is 1. The van der Waals surface area contributed by atoms with E-state index in [-0.39, 0.29) is 18.8 Å². The molecule has 1 amide bonds. The SMILES string of the molecule is Cc1nnnn1C(Cc1cccc(F)c1)C(=O)Nc1ccn(CC(=O)O)n1. The lowest BCUT2D eigenvalue weighted by Gasteiger charge is -2.17. The number of carboxylic acids is 1. The van der Waals surface area contributed by atoms with Crippen molar-refractivity contribution in [3.8, 4) is 0 Å². The first-order chi connectivity index (χ1) is 12.9. The van der Waals surface area contributed by atoms with Crippen LogP contribution >= 0.6 is 0 Å².